The van der Waals surface area contributed by atoms with Gasteiger partial charge in [0.05, 0.1) is 13.2 Å². The lowest BCUT2D eigenvalue weighted by Crippen LogP contribution is -2.30. The first kappa shape index (κ1) is 18.6. The van der Waals surface area contributed by atoms with E-state index in [1.165, 1.54) is 0 Å². The number of carbonyl (C=O) groups is 1. The normalized spacial score (nSPS) is 11.8. The molecule has 2 aromatic carbocycles. The van der Waals surface area contributed by atoms with Crippen LogP contribution in [0.2, 0.25) is 0 Å². The maximum atomic E-state index is 12.6. The van der Waals surface area contributed by atoms with E-state index in [9.17, 15) is 4.79 Å². The largest absolute Gasteiger partial charge is 0.496 e. The number of carbonyl (C=O) groups excluding carboxylic acids is 1. The minimum absolute atomic E-state index is 0.00728. The third-order valence-corrected chi connectivity index (χ3v) is 4.60. The molecule has 1 unspecified atom stereocenters. The quantitative estimate of drug-likeness (QED) is 0.635. The van der Waals surface area contributed by atoms with E-state index in [-0.39, 0.29) is 11.9 Å². The van der Waals surface area contributed by atoms with Crippen LogP contribution in [0.1, 0.15) is 30.8 Å². The first-order valence-electron chi connectivity index (χ1n) is 8.86. The molecule has 140 valence electrons. The van der Waals surface area contributed by atoms with Crippen LogP contribution >= 0.6 is 0 Å². The topological polar surface area (TPSA) is 68.5 Å². The number of methoxy groups -OCH3 is 1. The summed E-state index contributed by atoms with van der Waals surface area (Å²) in [6, 6.07) is 17.2. The summed E-state index contributed by atoms with van der Waals surface area (Å²) in [5.74, 6) is 1.70. The average Bonchev–Trinajstić information content (AvgIpc) is 3.20. The summed E-state index contributed by atoms with van der Waals surface area (Å²) in [6.45, 7) is 1.98. The van der Waals surface area contributed by atoms with Crippen LogP contribution in [0.15, 0.2) is 59.0 Å². The predicted octanol–water partition coefficient (Wildman–Crippen LogP) is 3.90. The lowest BCUT2D eigenvalue weighted by atomic mass is 10.1. The Morgan fingerprint density at radius 3 is 2.56 bits per heavy atom. The van der Waals surface area contributed by atoms with Gasteiger partial charge in [0.2, 0.25) is 17.7 Å². The van der Waals surface area contributed by atoms with Crippen molar-refractivity contribution >= 4 is 5.91 Å². The van der Waals surface area contributed by atoms with E-state index < -0.39 is 0 Å². The lowest BCUT2D eigenvalue weighted by Gasteiger charge is -2.26. The monoisotopic (exact) mass is 365 g/mol. The van der Waals surface area contributed by atoms with Gasteiger partial charge in [0, 0.05) is 31.0 Å². The van der Waals surface area contributed by atoms with Gasteiger partial charge in [-0.1, -0.05) is 36.4 Å². The van der Waals surface area contributed by atoms with Gasteiger partial charge in [0.1, 0.15) is 5.75 Å². The van der Waals surface area contributed by atoms with Crippen LogP contribution in [-0.4, -0.2) is 35.2 Å². The molecule has 0 radical (unpaired) electrons. The molecule has 27 heavy (non-hydrogen) atoms. The molecule has 0 spiro atoms. The Morgan fingerprint density at radius 2 is 1.81 bits per heavy atom. The van der Waals surface area contributed by atoms with Crippen molar-refractivity contribution in [3.8, 4) is 17.2 Å². The number of hydrogen-bond donors (Lipinski definition) is 0. The molecule has 0 aliphatic heterocycles. The van der Waals surface area contributed by atoms with Gasteiger partial charge in [0.25, 0.3) is 0 Å². The number of benzene rings is 2. The molecule has 3 aromatic rings. The second kappa shape index (κ2) is 8.49. The van der Waals surface area contributed by atoms with Gasteiger partial charge < -0.3 is 14.1 Å². The molecule has 1 amide bonds. The fourth-order valence-electron chi connectivity index (χ4n) is 2.88. The Balaban J connectivity index is 1.61. The van der Waals surface area contributed by atoms with Gasteiger partial charge in [-0.15, -0.1) is 10.2 Å². The Labute approximate surface area is 158 Å². The van der Waals surface area contributed by atoms with Gasteiger partial charge in [-0.05, 0) is 25.1 Å². The highest BCUT2D eigenvalue weighted by Gasteiger charge is 2.21. The van der Waals surface area contributed by atoms with Crippen molar-refractivity contribution < 1.29 is 13.9 Å². The van der Waals surface area contributed by atoms with Gasteiger partial charge in [-0.3, -0.25) is 4.79 Å². The summed E-state index contributed by atoms with van der Waals surface area (Å²) in [4.78, 5) is 14.3. The molecule has 0 bridgehead atoms. The number of ether oxygens (including phenoxy) is 1. The third-order valence-electron chi connectivity index (χ3n) is 4.60. The molecule has 0 aliphatic carbocycles. The number of para-hydroxylation sites is 1. The van der Waals surface area contributed by atoms with Crippen molar-refractivity contribution in [1.82, 2.24) is 15.1 Å². The van der Waals surface area contributed by atoms with Crippen molar-refractivity contribution in [2.24, 2.45) is 0 Å². The zero-order valence-electron chi connectivity index (χ0n) is 15.8. The Morgan fingerprint density at radius 1 is 1.11 bits per heavy atom. The molecule has 1 heterocycles. The second-order valence-electron chi connectivity index (χ2n) is 6.29. The molecule has 0 fully saturated rings. The van der Waals surface area contributed by atoms with Crippen molar-refractivity contribution in [1.29, 1.82) is 0 Å². The minimum Gasteiger partial charge on any atom is -0.496 e. The van der Waals surface area contributed by atoms with Crippen molar-refractivity contribution in [3.63, 3.8) is 0 Å². The maximum Gasteiger partial charge on any atom is 0.247 e. The van der Waals surface area contributed by atoms with Crippen molar-refractivity contribution in [3.05, 3.63) is 66.1 Å². The molecule has 6 nitrogen and oxygen atoms in total. The number of amides is 1. The highest BCUT2D eigenvalue weighted by molar-refractivity contribution is 5.76. The standard InChI is InChI=1S/C21H23N3O3/c1-15(17-11-7-8-12-18(17)26-3)24(2)20(25)14-13-19-22-23-21(27-19)16-9-5-4-6-10-16/h4-12,15H,13-14H2,1-3H3. The van der Waals surface area contributed by atoms with Gasteiger partial charge in [0.15, 0.2) is 0 Å². The summed E-state index contributed by atoms with van der Waals surface area (Å²) in [7, 11) is 3.43. The predicted molar refractivity (Wildman–Crippen MR) is 102 cm³/mol. The molecule has 1 atom stereocenters. The van der Waals surface area contributed by atoms with Crippen molar-refractivity contribution in [2.45, 2.75) is 25.8 Å². The molecule has 0 saturated carbocycles. The Hall–Kier alpha value is -3.15. The fourth-order valence-corrected chi connectivity index (χ4v) is 2.88. The number of hydrogen-bond acceptors (Lipinski definition) is 5. The van der Waals surface area contributed by atoms with Gasteiger partial charge in [-0.2, -0.15) is 0 Å². The van der Waals surface area contributed by atoms with Crippen LogP contribution in [0.5, 0.6) is 5.75 Å². The molecule has 3 rings (SSSR count). The number of aryl methyl sites for hydroxylation is 1. The van der Waals surface area contributed by atoms with E-state index in [0.717, 1.165) is 16.9 Å². The molecular formula is C21H23N3O3. The van der Waals surface area contributed by atoms with E-state index in [0.29, 0.717) is 24.6 Å². The van der Waals surface area contributed by atoms with E-state index in [1.54, 1.807) is 19.1 Å². The lowest BCUT2D eigenvalue weighted by molar-refractivity contribution is -0.131. The van der Waals surface area contributed by atoms with Crippen LogP contribution in [0.25, 0.3) is 11.5 Å². The van der Waals surface area contributed by atoms with Gasteiger partial charge >= 0.3 is 0 Å². The van der Waals surface area contributed by atoms with Crippen molar-refractivity contribution in [2.75, 3.05) is 14.2 Å². The van der Waals surface area contributed by atoms with Crippen LogP contribution in [0.3, 0.4) is 0 Å². The van der Waals surface area contributed by atoms with E-state index in [4.69, 9.17) is 9.15 Å². The number of aromatic nitrogens is 2. The molecule has 0 saturated heterocycles. The minimum atomic E-state index is -0.101. The second-order valence-corrected chi connectivity index (χ2v) is 6.29. The van der Waals surface area contributed by atoms with Crippen LogP contribution in [0.4, 0.5) is 0 Å². The van der Waals surface area contributed by atoms with Crippen LogP contribution in [0, 0.1) is 0 Å². The van der Waals surface area contributed by atoms with E-state index >= 15 is 0 Å². The highest BCUT2D eigenvalue weighted by Crippen LogP contribution is 2.28. The van der Waals surface area contributed by atoms with Crippen LogP contribution < -0.4 is 4.74 Å². The summed E-state index contributed by atoms with van der Waals surface area (Å²) in [5, 5.41) is 8.10. The average molecular weight is 365 g/mol. The molecule has 1 aromatic heterocycles. The third kappa shape index (κ3) is 4.34. The number of rotatable bonds is 7. The molecular weight excluding hydrogens is 342 g/mol. The van der Waals surface area contributed by atoms with Crippen LogP contribution in [-0.2, 0) is 11.2 Å². The zero-order chi connectivity index (χ0) is 19.2. The first-order valence-corrected chi connectivity index (χ1v) is 8.86. The summed E-state index contributed by atoms with van der Waals surface area (Å²) < 4.78 is 11.1. The fraction of sp³-hybridized carbons (Fsp3) is 0.286. The van der Waals surface area contributed by atoms with E-state index in [2.05, 4.69) is 10.2 Å². The first-order chi connectivity index (χ1) is 13.1. The van der Waals surface area contributed by atoms with Gasteiger partial charge in [-0.25, -0.2) is 0 Å². The summed E-state index contributed by atoms with van der Waals surface area (Å²) in [6.07, 6.45) is 0.702. The SMILES string of the molecule is COc1ccccc1C(C)N(C)C(=O)CCc1nnc(-c2ccccc2)o1. The molecule has 6 heteroatoms. The molecule has 0 N–H and O–H groups in total. The Kier molecular flexibility index (Phi) is 5.86. The van der Waals surface area contributed by atoms with E-state index in [1.807, 2.05) is 61.5 Å². The zero-order valence-corrected chi connectivity index (χ0v) is 15.8. The smallest absolute Gasteiger partial charge is 0.247 e. The molecule has 0 aliphatic rings. The summed E-state index contributed by atoms with van der Waals surface area (Å²) >= 11 is 0. The highest BCUT2D eigenvalue weighted by atomic mass is 16.5. The maximum absolute atomic E-state index is 12.6. The summed E-state index contributed by atoms with van der Waals surface area (Å²) in [5.41, 5.74) is 1.84. The number of nitrogens with zero attached hydrogens (tertiary/aromatic N) is 3. The Bertz CT molecular complexity index is 892.